The fraction of sp³-hybridized carbons (Fsp3) is 0.522. The lowest BCUT2D eigenvalue weighted by Crippen LogP contribution is -2.58. The molecule has 1 aliphatic carbocycles. The van der Waals surface area contributed by atoms with Gasteiger partial charge in [0.15, 0.2) is 5.13 Å². The highest BCUT2D eigenvalue weighted by Gasteiger charge is 2.39. The number of piperazine rings is 1. The zero-order valence-electron chi connectivity index (χ0n) is 19.1. The zero-order chi connectivity index (χ0) is 24.3. The van der Waals surface area contributed by atoms with E-state index in [-0.39, 0.29) is 36.3 Å². The summed E-state index contributed by atoms with van der Waals surface area (Å²) >= 11 is 7.45. The number of halogens is 1. The lowest BCUT2D eigenvalue weighted by atomic mass is 9.84. The molecular formula is C23H29ClN4O4S2. The quantitative estimate of drug-likeness (QED) is 0.592. The SMILES string of the molecule is Cc1ccc(S(=O)(=O)N2CCN(C(CC3CCCCC3)C(=O)Nc3nccs3)C(=O)C2)cc1Cl. The Labute approximate surface area is 209 Å². The van der Waals surface area contributed by atoms with Gasteiger partial charge in [0, 0.05) is 29.7 Å². The lowest BCUT2D eigenvalue weighted by Gasteiger charge is -2.39. The Morgan fingerprint density at radius 1 is 1.26 bits per heavy atom. The van der Waals surface area contributed by atoms with Gasteiger partial charge in [-0.05, 0) is 37.0 Å². The average molecular weight is 525 g/mol. The molecule has 2 aliphatic rings. The predicted molar refractivity (Wildman–Crippen MR) is 132 cm³/mol. The van der Waals surface area contributed by atoms with Gasteiger partial charge in [0.25, 0.3) is 0 Å². The van der Waals surface area contributed by atoms with Gasteiger partial charge in [-0.15, -0.1) is 11.3 Å². The van der Waals surface area contributed by atoms with Gasteiger partial charge >= 0.3 is 0 Å². The van der Waals surface area contributed by atoms with Gasteiger partial charge in [0.1, 0.15) is 6.04 Å². The topological polar surface area (TPSA) is 99.7 Å². The Morgan fingerprint density at radius 2 is 2.03 bits per heavy atom. The van der Waals surface area contributed by atoms with Gasteiger partial charge in [-0.25, -0.2) is 13.4 Å². The highest BCUT2D eigenvalue weighted by Crippen LogP contribution is 2.30. The number of aryl methyl sites for hydroxylation is 1. The predicted octanol–water partition coefficient (Wildman–Crippen LogP) is 3.92. The smallest absolute Gasteiger partial charge is 0.248 e. The molecule has 184 valence electrons. The summed E-state index contributed by atoms with van der Waals surface area (Å²) in [5, 5.41) is 5.46. The molecule has 1 aromatic heterocycles. The first-order valence-corrected chi connectivity index (χ1v) is 14.2. The number of carbonyl (C=O) groups excluding carboxylic acids is 2. The van der Waals surface area contributed by atoms with Crippen LogP contribution in [0.15, 0.2) is 34.7 Å². The van der Waals surface area contributed by atoms with Crippen LogP contribution in [0.3, 0.4) is 0 Å². The van der Waals surface area contributed by atoms with Crippen LogP contribution >= 0.6 is 22.9 Å². The third-order valence-corrected chi connectivity index (χ3v) is 9.56. The average Bonchev–Trinajstić information content (AvgIpc) is 3.33. The second-order valence-corrected chi connectivity index (χ2v) is 12.2. The number of carbonyl (C=O) groups is 2. The molecule has 1 unspecified atom stereocenters. The zero-order valence-corrected chi connectivity index (χ0v) is 21.5. The standard InChI is InChI=1S/C23H29ClN4O4S2/c1-16-7-8-18(14-19(16)24)34(31,32)27-10-11-28(21(29)15-27)20(13-17-5-3-2-4-6-17)22(30)26-23-25-9-12-33-23/h7-9,12,14,17,20H,2-6,10-11,13,15H2,1H3,(H,25,26,30). The summed E-state index contributed by atoms with van der Waals surface area (Å²) in [5.41, 5.74) is 0.776. The summed E-state index contributed by atoms with van der Waals surface area (Å²) in [7, 11) is -3.88. The van der Waals surface area contributed by atoms with Crippen LogP contribution in [-0.4, -0.2) is 60.1 Å². The van der Waals surface area contributed by atoms with Crippen molar-refractivity contribution in [1.82, 2.24) is 14.2 Å². The number of nitrogens with zero attached hydrogens (tertiary/aromatic N) is 3. The number of hydrogen-bond acceptors (Lipinski definition) is 6. The highest BCUT2D eigenvalue weighted by molar-refractivity contribution is 7.89. The van der Waals surface area contributed by atoms with Crippen molar-refractivity contribution in [3.8, 4) is 0 Å². The van der Waals surface area contributed by atoms with Crippen molar-refractivity contribution >= 4 is 49.9 Å². The molecule has 1 atom stereocenters. The minimum absolute atomic E-state index is 0.0598. The van der Waals surface area contributed by atoms with E-state index in [0.29, 0.717) is 22.5 Å². The minimum atomic E-state index is -3.88. The van der Waals surface area contributed by atoms with Crippen molar-refractivity contribution in [2.45, 2.75) is 56.4 Å². The Balaban J connectivity index is 1.50. The van der Waals surface area contributed by atoms with Gasteiger partial charge in [-0.3, -0.25) is 9.59 Å². The molecule has 2 heterocycles. The molecule has 0 radical (unpaired) electrons. The van der Waals surface area contributed by atoms with Gasteiger partial charge < -0.3 is 10.2 Å². The summed E-state index contributed by atoms with van der Waals surface area (Å²) in [4.78, 5) is 32.1. The van der Waals surface area contributed by atoms with Gasteiger partial charge in [-0.1, -0.05) is 49.8 Å². The molecule has 34 heavy (non-hydrogen) atoms. The van der Waals surface area contributed by atoms with Crippen LogP contribution in [0.25, 0.3) is 0 Å². The van der Waals surface area contributed by atoms with Crippen molar-refractivity contribution in [1.29, 1.82) is 0 Å². The summed E-state index contributed by atoms with van der Waals surface area (Å²) < 4.78 is 27.5. The Hall–Kier alpha value is -2.01. The summed E-state index contributed by atoms with van der Waals surface area (Å²) in [6.45, 7) is 1.76. The molecule has 11 heteroatoms. The monoisotopic (exact) mass is 524 g/mol. The van der Waals surface area contributed by atoms with Crippen LogP contribution in [0.1, 0.15) is 44.1 Å². The van der Waals surface area contributed by atoms with E-state index < -0.39 is 16.1 Å². The van der Waals surface area contributed by atoms with Crippen molar-refractivity contribution in [2.24, 2.45) is 5.92 Å². The van der Waals surface area contributed by atoms with Crippen LogP contribution in [0.4, 0.5) is 5.13 Å². The maximum Gasteiger partial charge on any atom is 0.248 e. The van der Waals surface area contributed by atoms with Crippen LogP contribution in [0, 0.1) is 12.8 Å². The number of nitrogens with one attached hydrogen (secondary N) is 1. The van der Waals surface area contributed by atoms with Gasteiger partial charge in [0.2, 0.25) is 21.8 Å². The number of thiazole rings is 1. The van der Waals surface area contributed by atoms with Crippen LogP contribution in [0.2, 0.25) is 5.02 Å². The van der Waals surface area contributed by atoms with Crippen molar-refractivity contribution in [3.05, 3.63) is 40.4 Å². The summed E-state index contributed by atoms with van der Waals surface area (Å²) in [6, 6.07) is 3.91. The second-order valence-electron chi connectivity index (χ2n) is 8.92. The first-order valence-electron chi connectivity index (χ1n) is 11.5. The Bertz CT molecular complexity index is 1130. The molecular weight excluding hydrogens is 496 g/mol. The molecule has 1 aliphatic heterocycles. The maximum absolute atomic E-state index is 13.2. The van der Waals surface area contributed by atoms with E-state index in [1.807, 2.05) is 0 Å². The van der Waals surface area contributed by atoms with Crippen molar-refractivity contribution < 1.29 is 18.0 Å². The van der Waals surface area contributed by atoms with E-state index in [2.05, 4.69) is 10.3 Å². The first-order chi connectivity index (χ1) is 16.3. The molecule has 1 saturated heterocycles. The third kappa shape index (κ3) is 5.62. The number of aromatic nitrogens is 1. The molecule has 0 bridgehead atoms. The number of hydrogen-bond donors (Lipinski definition) is 1. The fourth-order valence-electron chi connectivity index (χ4n) is 4.67. The van der Waals surface area contributed by atoms with E-state index in [0.717, 1.165) is 31.2 Å². The number of rotatable bonds is 7. The molecule has 2 amide bonds. The van der Waals surface area contributed by atoms with Gasteiger partial charge in [0.05, 0.1) is 11.4 Å². The third-order valence-electron chi connectivity index (χ3n) is 6.63. The Kier molecular flexibility index (Phi) is 7.91. The molecule has 2 aromatic rings. The van der Waals surface area contributed by atoms with E-state index in [1.54, 1.807) is 29.5 Å². The molecule has 4 rings (SSSR count). The molecule has 1 aromatic carbocycles. The summed E-state index contributed by atoms with van der Waals surface area (Å²) in [6.07, 6.45) is 7.72. The van der Waals surface area contributed by atoms with Crippen molar-refractivity contribution in [3.63, 3.8) is 0 Å². The molecule has 1 N–H and O–H groups in total. The van der Waals surface area contributed by atoms with E-state index in [9.17, 15) is 18.0 Å². The molecule has 2 fully saturated rings. The summed E-state index contributed by atoms with van der Waals surface area (Å²) in [5.74, 6) is -0.274. The van der Waals surface area contributed by atoms with Crippen LogP contribution in [-0.2, 0) is 19.6 Å². The van der Waals surface area contributed by atoms with Crippen LogP contribution < -0.4 is 5.32 Å². The molecule has 0 spiro atoms. The number of amides is 2. The molecule has 8 nitrogen and oxygen atoms in total. The number of sulfonamides is 1. The molecule has 1 saturated carbocycles. The minimum Gasteiger partial charge on any atom is -0.328 e. The van der Waals surface area contributed by atoms with E-state index in [4.69, 9.17) is 11.6 Å². The van der Waals surface area contributed by atoms with E-state index >= 15 is 0 Å². The highest BCUT2D eigenvalue weighted by atomic mass is 35.5. The van der Waals surface area contributed by atoms with Crippen LogP contribution in [0.5, 0.6) is 0 Å². The van der Waals surface area contributed by atoms with E-state index in [1.165, 1.54) is 34.2 Å². The second kappa shape index (κ2) is 10.7. The normalized spacial score (nSPS) is 19.2. The van der Waals surface area contributed by atoms with Gasteiger partial charge in [-0.2, -0.15) is 4.31 Å². The maximum atomic E-state index is 13.2. The Morgan fingerprint density at radius 3 is 2.68 bits per heavy atom. The lowest BCUT2D eigenvalue weighted by molar-refractivity contribution is -0.142. The largest absolute Gasteiger partial charge is 0.328 e. The number of anilines is 1. The fourth-order valence-corrected chi connectivity index (χ4v) is 6.86. The first kappa shape index (κ1) is 25.1. The number of benzene rings is 1. The van der Waals surface area contributed by atoms with Crippen molar-refractivity contribution in [2.75, 3.05) is 25.0 Å².